The number of nitrogens with zero attached hydrogens (tertiary/aromatic N) is 2. The second-order valence-corrected chi connectivity index (χ2v) is 7.77. The number of nitro groups is 1. The molecule has 0 radical (unpaired) electrons. The number of ether oxygens (including phenoxy) is 1. The molecule has 0 amide bonds. The highest BCUT2D eigenvalue weighted by Crippen LogP contribution is 2.47. The van der Waals surface area contributed by atoms with Crippen molar-refractivity contribution in [3.05, 3.63) is 104 Å². The van der Waals surface area contributed by atoms with Crippen LogP contribution in [0.15, 0.2) is 76.9 Å². The number of rotatable bonds is 3. The molecule has 168 valence electrons. The summed E-state index contributed by atoms with van der Waals surface area (Å²) < 4.78 is 44.4. The third-order valence-corrected chi connectivity index (χ3v) is 5.70. The topological polar surface area (TPSA) is 102 Å². The first-order valence-electron chi connectivity index (χ1n) is 10.1. The molecular formula is C24H18F3N3O3. The zero-order valence-corrected chi connectivity index (χ0v) is 17.2. The SMILES string of the molecule is N#CC1=C(N)OC2=C(CCC/C2=C\c2ccc(C(F)(F)F)cc2)C1c1cccc([N+](=O)[O-])c1. The summed E-state index contributed by atoms with van der Waals surface area (Å²) in [6, 6.07) is 12.9. The molecule has 4 rings (SSSR count). The van der Waals surface area contributed by atoms with Crippen molar-refractivity contribution in [2.45, 2.75) is 31.4 Å². The van der Waals surface area contributed by atoms with E-state index in [0.717, 1.165) is 29.7 Å². The van der Waals surface area contributed by atoms with Crippen molar-refractivity contribution in [2.75, 3.05) is 0 Å². The molecule has 33 heavy (non-hydrogen) atoms. The maximum absolute atomic E-state index is 12.9. The smallest absolute Gasteiger partial charge is 0.416 e. The minimum atomic E-state index is -4.42. The molecule has 0 aromatic heterocycles. The Morgan fingerprint density at radius 2 is 1.91 bits per heavy atom. The van der Waals surface area contributed by atoms with E-state index < -0.39 is 22.6 Å². The Bertz CT molecular complexity index is 1250. The van der Waals surface area contributed by atoms with E-state index in [1.54, 1.807) is 18.2 Å². The molecule has 1 aliphatic carbocycles. The molecule has 1 aliphatic heterocycles. The van der Waals surface area contributed by atoms with Gasteiger partial charge in [-0.2, -0.15) is 18.4 Å². The van der Waals surface area contributed by atoms with Crippen LogP contribution in [0.4, 0.5) is 18.9 Å². The number of halogens is 3. The van der Waals surface area contributed by atoms with Crippen LogP contribution in [-0.4, -0.2) is 4.92 Å². The van der Waals surface area contributed by atoms with Crippen molar-refractivity contribution in [3.8, 4) is 6.07 Å². The van der Waals surface area contributed by atoms with Gasteiger partial charge >= 0.3 is 6.18 Å². The normalized spacial score (nSPS) is 19.7. The van der Waals surface area contributed by atoms with E-state index in [-0.39, 0.29) is 17.1 Å². The Kier molecular flexibility index (Phi) is 5.68. The quantitative estimate of drug-likeness (QED) is 0.458. The van der Waals surface area contributed by atoms with Gasteiger partial charge in [0.05, 0.1) is 10.5 Å². The molecule has 1 heterocycles. The summed E-state index contributed by atoms with van der Waals surface area (Å²) in [5.41, 5.74) is 8.02. The van der Waals surface area contributed by atoms with Crippen LogP contribution in [0.3, 0.4) is 0 Å². The molecule has 0 fully saturated rings. The molecule has 2 aromatic rings. The fourth-order valence-corrected chi connectivity index (χ4v) is 4.20. The summed E-state index contributed by atoms with van der Waals surface area (Å²) >= 11 is 0. The van der Waals surface area contributed by atoms with Gasteiger partial charge in [0.25, 0.3) is 5.69 Å². The number of hydrogen-bond acceptors (Lipinski definition) is 5. The van der Waals surface area contributed by atoms with Gasteiger partial charge in [-0.3, -0.25) is 10.1 Å². The van der Waals surface area contributed by atoms with Crippen LogP contribution in [0.25, 0.3) is 6.08 Å². The maximum Gasteiger partial charge on any atom is 0.416 e. The summed E-state index contributed by atoms with van der Waals surface area (Å²) in [5, 5.41) is 21.0. The van der Waals surface area contributed by atoms with Crippen LogP contribution in [0.5, 0.6) is 0 Å². The monoisotopic (exact) mass is 453 g/mol. The molecular weight excluding hydrogens is 435 g/mol. The molecule has 0 saturated heterocycles. The Morgan fingerprint density at radius 3 is 2.55 bits per heavy atom. The standard InChI is InChI=1S/C24H18F3N3O3/c25-24(26,27)17-9-7-14(8-10-17)11-16-4-2-6-19-21(20(13-28)23(29)33-22(16)19)15-3-1-5-18(12-15)30(31)32/h1,3,5,7-12,21H,2,4,6,29H2/b16-11+. The minimum absolute atomic E-state index is 0.0898. The van der Waals surface area contributed by atoms with Crippen molar-refractivity contribution >= 4 is 11.8 Å². The molecule has 9 heteroatoms. The van der Waals surface area contributed by atoms with Gasteiger partial charge in [-0.15, -0.1) is 0 Å². The van der Waals surface area contributed by atoms with Gasteiger partial charge in [0.2, 0.25) is 5.88 Å². The lowest BCUT2D eigenvalue weighted by atomic mass is 9.77. The molecule has 1 unspecified atom stereocenters. The summed E-state index contributed by atoms with van der Waals surface area (Å²) in [7, 11) is 0. The number of alkyl halides is 3. The molecule has 2 aliphatic rings. The predicted molar refractivity (Wildman–Crippen MR) is 114 cm³/mol. The van der Waals surface area contributed by atoms with Gasteiger partial charge in [-0.1, -0.05) is 24.3 Å². The minimum Gasteiger partial charge on any atom is -0.440 e. The van der Waals surface area contributed by atoms with Crippen LogP contribution in [0.1, 0.15) is 41.9 Å². The highest BCUT2D eigenvalue weighted by Gasteiger charge is 2.36. The first kappa shape index (κ1) is 22.1. The first-order valence-corrected chi connectivity index (χ1v) is 10.1. The number of nitro benzene ring substituents is 1. The largest absolute Gasteiger partial charge is 0.440 e. The first-order chi connectivity index (χ1) is 15.7. The summed E-state index contributed by atoms with van der Waals surface area (Å²) in [6.07, 6.45) is -0.762. The molecule has 2 N–H and O–H groups in total. The number of benzene rings is 2. The van der Waals surface area contributed by atoms with Gasteiger partial charge in [-0.05, 0) is 59.7 Å². The average Bonchev–Trinajstić information content (AvgIpc) is 2.78. The third-order valence-electron chi connectivity index (χ3n) is 5.70. The number of nitriles is 1. The van der Waals surface area contributed by atoms with Gasteiger partial charge in [0, 0.05) is 18.1 Å². The highest BCUT2D eigenvalue weighted by molar-refractivity contribution is 5.62. The zero-order valence-electron chi connectivity index (χ0n) is 17.2. The van der Waals surface area contributed by atoms with E-state index in [0.29, 0.717) is 29.7 Å². The van der Waals surface area contributed by atoms with E-state index in [4.69, 9.17) is 10.5 Å². The summed E-state index contributed by atoms with van der Waals surface area (Å²) in [5.74, 6) is -0.225. The van der Waals surface area contributed by atoms with Crippen LogP contribution in [0, 0.1) is 21.4 Å². The second kappa shape index (κ2) is 8.47. The maximum atomic E-state index is 12.9. The van der Waals surface area contributed by atoms with Crippen LogP contribution < -0.4 is 5.73 Å². The van der Waals surface area contributed by atoms with E-state index in [1.807, 2.05) is 0 Å². The Morgan fingerprint density at radius 1 is 1.18 bits per heavy atom. The Labute approximate surface area is 187 Å². The van der Waals surface area contributed by atoms with Crippen molar-refractivity contribution < 1.29 is 22.8 Å². The van der Waals surface area contributed by atoms with Crippen molar-refractivity contribution in [2.24, 2.45) is 5.73 Å². The number of nitrogens with two attached hydrogens (primary N) is 1. The number of allylic oxidation sites excluding steroid dienone is 3. The van der Waals surface area contributed by atoms with Crippen molar-refractivity contribution in [1.82, 2.24) is 0 Å². The summed E-state index contributed by atoms with van der Waals surface area (Å²) in [6.45, 7) is 0. The van der Waals surface area contributed by atoms with Gasteiger partial charge in [-0.25, -0.2) is 0 Å². The number of hydrogen-bond donors (Lipinski definition) is 1. The van der Waals surface area contributed by atoms with Gasteiger partial charge < -0.3 is 10.5 Å². The molecule has 6 nitrogen and oxygen atoms in total. The number of non-ortho nitro benzene ring substituents is 1. The average molecular weight is 453 g/mol. The van der Waals surface area contributed by atoms with Crippen LogP contribution >= 0.6 is 0 Å². The van der Waals surface area contributed by atoms with E-state index in [9.17, 15) is 28.5 Å². The van der Waals surface area contributed by atoms with E-state index in [2.05, 4.69) is 6.07 Å². The van der Waals surface area contributed by atoms with Crippen molar-refractivity contribution in [3.63, 3.8) is 0 Å². The molecule has 1 atom stereocenters. The second-order valence-electron chi connectivity index (χ2n) is 7.77. The van der Waals surface area contributed by atoms with Crippen molar-refractivity contribution in [1.29, 1.82) is 5.26 Å². The Balaban J connectivity index is 1.79. The van der Waals surface area contributed by atoms with Crippen LogP contribution in [-0.2, 0) is 10.9 Å². The van der Waals surface area contributed by atoms with E-state index >= 15 is 0 Å². The lowest BCUT2D eigenvalue weighted by Crippen LogP contribution is -2.23. The van der Waals surface area contributed by atoms with Gasteiger partial charge in [0.15, 0.2) is 0 Å². The van der Waals surface area contributed by atoms with Crippen LogP contribution in [0.2, 0.25) is 0 Å². The Hall–Kier alpha value is -4.06. The molecule has 0 saturated carbocycles. The highest BCUT2D eigenvalue weighted by atomic mass is 19.4. The molecule has 2 aromatic carbocycles. The zero-order chi connectivity index (χ0) is 23.8. The van der Waals surface area contributed by atoms with E-state index in [1.165, 1.54) is 24.3 Å². The van der Waals surface area contributed by atoms with Gasteiger partial charge in [0.1, 0.15) is 17.4 Å². The summed E-state index contributed by atoms with van der Waals surface area (Å²) in [4.78, 5) is 10.8. The fourth-order valence-electron chi connectivity index (χ4n) is 4.20. The lowest BCUT2D eigenvalue weighted by molar-refractivity contribution is -0.384. The molecule has 0 spiro atoms. The predicted octanol–water partition coefficient (Wildman–Crippen LogP) is 5.94. The lowest BCUT2D eigenvalue weighted by Gasteiger charge is -2.33. The fraction of sp³-hybridized carbons (Fsp3) is 0.208. The molecule has 0 bridgehead atoms. The third kappa shape index (κ3) is 4.32.